The highest BCUT2D eigenvalue weighted by Gasteiger charge is 2.39. The van der Waals surface area contributed by atoms with E-state index in [1.54, 1.807) is 16.8 Å². The summed E-state index contributed by atoms with van der Waals surface area (Å²) >= 11 is 0. The monoisotopic (exact) mass is 393 g/mol. The van der Waals surface area contributed by atoms with Crippen molar-refractivity contribution in [1.29, 1.82) is 0 Å². The molecule has 7 heteroatoms. The number of nitrogens with zero attached hydrogens (tertiary/aromatic N) is 4. The van der Waals surface area contributed by atoms with Gasteiger partial charge in [-0.2, -0.15) is 0 Å². The van der Waals surface area contributed by atoms with E-state index in [2.05, 4.69) is 22.2 Å². The number of carbonyl (C=O) groups is 2. The summed E-state index contributed by atoms with van der Waals surface area (Å²) in [5, 5.41) is 3.05. The quantitative estimate of drug-likeness (QED) is 0.870. The van der Waals surface area contributed by atoms with Gasteiger partial charge in [0.05, 0.1) is 11.4 Å². The Hall–Kier alpha value is -3.06. The number of nitrogens with one attached hydrogen (secondary N) is 1. The van der Waals surface area contributed by atoms with Crippen molar-refractivity contribution in [3.05, 3.63) is 60.2 Å². The maximum atomic E-state index is 13.2. The summed E-state index contributed by atoms with van der Waals surface area (Å²) in [6.07, 6.45) is -0.403. The lowest BCUT2D eigenvalue weighted by molar-refractivity contribution is -0.126. The van der Waals surface area contributed by atoms with E-state index < -0.39 is 6.17 Å². The molecule has 2 aromatic rings. The molecular weight excluding hydrogens is 366 g/mol. The molecule has 2 aromatic carbocycles. The molecule has 2 aliphatic heterocycles. The van der Waals surface area contributed by atoms with Gasteiger partial charge in [0, 0.05) is 33.2 Å². The van der Waals surface area contributed by atoms with Crippen molar-refractivity contribution in [2.45, 2.75) is 6.17 Å². The molecule has 4 rings (SSSR count). The van der Waals surface area contributed by atoms with Gasteiger partial charge in [0.25, 0.3) is 0 Å². The first-order valence-electron chi connectivity index (χ1n) is 9.95. The Bertz CT molecular complexity index is 880. The maximum absolute atomic E-state index is 13.2. The number of benzene rings is 2. The van der Waals surface area contributed by atoms with E-state index >= 15 is 0 Å². The van der Waals surface area contributed by atoms with Crippen LogP contribution in [0.2, 0.25) is 0 Å². The maximum Gasteiger partial charge on any atom is 0.324 e. The smallest absolute Gasteiger partial charge is 0.324 e. The average Bonchev–Trinajstić information content (AvgIpc) is 3.04. The van der Waals surface area contributed by atoms with Crippen LogP contribution in [-0.2, 0) is 4.79 Å². The number of hydrogen-bond acceptors (Lipinski definition) is 4. The fraction of sp³-hybridized carbons (Fsp3) is 0.364. The molecule has 152 valence electrons. The number of amides is 3. The van der Waals surface area contributed by atoms with Gasteiger partial charge >= 0.3 is 6.03 Å². The van der Waals surface area contributed by atoms with E-state index in [9.17, 15) is 9.59 Å². The van der Waals surface area contributed by atoms with Gasteiger partial charge < -0.3 is 20.0 Å². The standard InChI is InChI=1S/C22H27N5O2/c1-24-12-14-26(15-13-24)19-11-7-6-10-18(19)23-22(29)27-16-20(28)25(2)21(27)17-8-4-3-5-9-17/h3-11,21H,12-16H2,1-2H3,(H,23,29)/t21-/m0/s1. The summed E-state index contributed by atoms with van der Waals surface area (Å²) in [7, 11) is 3.86. The van der Waals surface area contributed by atoms with Crippen LogP contribution >= 0.6 is 0 Å². The van der Waals surface area contributed by atoms with Gasteiger partial charge in [-0.3, -0.25) is 9.69 Å². The van der Waals surface area contributed by atoms with E-state index in [4.69, 9.17) is 0 Å². The molecule has 1 atom stereocenters. The summed E-state index contributed by atoms with van der Waals surface area (Å²) in [5.41, 5.74) is 2.71. The highest BCUT2D eigenvalue weighted by atomic mass is 16.2. The van der Waals surface area contributed by atoms with Crippen LogP contribution < -0.4 is 10.2 Å². The molecule has 2 fully saturated rings. The van der Waals surface area contributed by atoms with E-state index in [1.807, 2.05) is 54.6 Å². The van der Waals surface area contributed by atoms with Gasteiger partial charge in [0.2, 0.25) is 5.91 Å². The summed E-state index contributed by atoms with van der Waals surface area (Å²) in [6, 6.07) is 17.3. The second kappa shape index (κ2) is 8.13. The van der Waals surface area contributed by atoms with Crippen LogP contribution in [0.3, 0.4) is 0 Å². The molecule has 0 unspecified atom stereocenters. The highest BCUT2D eigenvalue weighted by Crippen LogP contribution is 2.32. The van der Waals surface area contributed by atoms with Crippen LogP contribution in [0.25, 0.3) is 0 Å². The molecule has 0 aromatic heterocycles. The molecule has 2 saturated heterocycles. The summed E-state index contributed by atoms with van der Waals surface area (Å²) in [5.74, 6) is -0.0682. The Balaban J connectivity index is 1.56. The largest absolute Gasteiger partial charge is 0.367 e. The number of anilines is 2. The molecule has 3 amide bonds. The van der Waals surface area contributed by atoms with Crippen LogP contribution in [0.5, 0.6) is 0 Å². The lowest BCUT2D eigenvalue weighted by atomic mass is 10.1. The number of piperazine rings is 1. The Kier molecular flexibility index (Phi) is 5.40. The zero-order valence-corrected chi connectivity index (χ0v) is 16.9. The number of likely N-dealkylation sites (N-methyl/N-ethyl adjacent to an activating group) is 2. The molecule has 2 heterocycles. The van der Waals surface area contributed by atoms with Crippen LogP contribution in [0.15, 0.2) is 54.6 Å². The summed E-state index contributed by atoms with van der Waals surface area (Å²) in [6.45, 7) is 3.88. The molecule has 7 nitrogen and oxygen atoms in total. The van der Waals surface area contributed by atoms with Gasteiger partial charge in [-0.05, 0) is 24.7 Å². The fourth-order valence-electron chi connectivity index (χ4n) is 3.99. The SMILES string of the molecule is CN1CCN(c2ccccc2NC(=O)N2CC(=O)N(C)[C@@H]2c2ccccc2)CC1. The first-order valence-corrected chi connectivity index (χ1v) is 9.95. The predicted molar refractivity (Wildman–Crippen MR) is 114 cm³/mol. The van der Waals surface area contributed by atoms with E-state index in [0.29, 0.717) is 0 Å². The fourth-order valence-corrected chi connectivity index (χ4v) is 3.99. The average molecular weight is 393 g/mol. The Morgan fingerprint density at radius 2 is 1.59 bits per heavy atom. The van der Waals surface area contributed by atoms with Gasteiger partial charge in [0.15, 0.2) is 0 Å². The van der Waals surface area contributed by atoms with Crippen molar-refractivity contribution in [3.63, 3.8) is 0 Å². The topological polar surface area (TPSA) is 59.1 Å². The lowest BCUT2D eigenvalue weighted by Gasteiger charge is -2.35. The molecule has 1 N–H and O–H groups in total. The second-order valence-corrected chi connectivity index (χ2v) is 7.65. The number of rotatable bonds is 3. The van der Waals surface area contributed by atoms with Crippen molar-refractivity contribution in [2.24, 2.45) is 0 Å². The molecule has 0 saturated carbocycles. The van der Waals surface area contributed by atoms with Crippen LogP contribution in [0.1, 0.15) is 11.7 Å². The molecule has 0 spiro atoms. The van der Waals surface area contributed by atoms with Crippen molar-refractivity contribution in [3.8, 4) is 0 Å². The number of para-hydroxylation sites is 2. The summed E-state index contributed by atoms with van der Waals surface area (Å²) in [4.78, 5) is 33.4. The number of carbonyl (C=O) groups excluding carboxylic acids is 2. The normalized spacial score (nSPS) is 20.3. The van der Waals surface area contributed by atoms with E-state index in [1.165, 1.54) is 0 Å². The van der Waals surface area contributed by atoms with Gasteiger partial charge in [0.1, 0.15) is 12.7 Å². The first-order chi connectivity index (χ1) is 14.0. The van der Waals surface area contributed by atoms with Crippen LogP contribution in [0.4, 0.5) is 16.2 Å². The van der Waals surface area contributed by atoms with Crippen molar-refractivity contribution in [1.82, 2.24) is 14.7 Å². The van der Waals surface area contributed by atoms with Gasteiger partial charge in [-0.1, -0.05) is 42.5 Å². The third-order valence-corrected chi connectivity index (χ3v) is 5.71. The first kappa shape index (κ1) is 19.3. The van der Waals surface area contributed by atoms with Crippen LogP contribution in [-0.4, -0.2) is 73.5 Å². The molecule has 0 bridgehead atoms. The third-order valence-electron chi connectivity index (χ3n) is 5.71. The van der Waals surface area contributed by atoms with Crippen molar-refractivity contribution < 1.29 is 9.59 Å². The number of hydrogen-bond donors (Lipinski definition) is 1. The zero-order valence-electron chi connectivity index (χ0n) is 16.9. The van der Waals surface area contributed by atoms with Gasteiger partial charge in [-0.15, -0.1) is 0 Å². The third kappa shape index (κ3) is 3.91. The Morgan fingerprint density at radius 3 is 2.31 bits per heavy atom. The molecular formula is C22H27N5O2. The minimum atomic E-state index is -0.403. The predicted octanol–water partition coefficient (Wildman–Crippen LogP) is 2.44. The van der Waals surface area contributed by atoms with E-state index in [0.717, 1.165) is 43.1 Å². The minimum absolute atomic E-state index is 0.0680. The Morgan fingerprint density at radius 1 is 0.931 bits per heavy atom. The Labute approximate surface area is 171 Å². The lowest BCUT2D eigenvalue weighted by Crippen LogP contribution is -2.45. The molecule has 0 radical (unpaired) electrons. The molecule has 0 aliphatic carbocycles. The molecule has 29 heavy (non-hydrogen) atoms. The van der Waals surface area contributed by atoms with Gasteiger partial charge in [-0.25, -0.2) is 4.79 Å². The summed E-state index contributed by atoms with van der Waals surface area (Å²) < 4.78 is 0. The van der Waals surface area contributed by atoms with Crippen molar-refractivity contribution >= 4 is 23.3 Å². The zero-order chi connectivity index (χ0) is 20.4. The van der Waals surface area contributed by atoms with Crippen LogP contribution in [0, 0.1) is 0 Å². The van der Waals surface area contributed by atoms with Crippen molar-refractivity contribution in [2.75, 3.05) is 57.0 Å². The molecule has 2 aliphatic rings. The number of urea groups is 1. The minimum Gasteiger partial charge on any atom is -0.367 e. The van der Waals surface area contributed by atoms with E-state index in [-0.39, 0.29) is 18.5 Å². The second-order valence-electron chi connectivity index (χ2n) is 7.65. The highest BCUT2D eigenvalue weighted by molar-refractivity contribution is 5.97.